The van der Waals surface area contributed by atoms with E-state index in [0.717, 1.165) is 0 Å². The topological polar surface area (TPSA) is 91.3 Å². The van der Waals surface area contributed by atoms with E-state index in [1.807, 2.05) is 0 Å². The van der Waals surface area contributed by atoms with E-state index >= 15 is 0 Å². The summed E-state index contributed by atoms with van der Waals surface area (Å²) in [5.41, 5.74) is 5.19. The third kappa shape index (κ3) is 3.55. The number of nitrogens with zero attached hydrogens (tertiary/aromatic N) is 2. The van der Waals surface area contributed by atoms with Gasteiger partial charge in [0.25, 0.3) is 0 Å². The highest BCUT2D eigenvalue weighted by molar-refractivity contribution is 5.85. The zero-order valence-electron chi connectivity index (χ0n) is 7.25. The Bertz CT molecular complexity index is 308. The van der Waals surface area contributed by atoms with Gasteiger partial charge in [-0.25, -0.2) is 0 Å². The molecule has 0 saturated heterocycles. The molecule has 0 atom stereocenters. The van der Waals surface area contributed by atoms with Gasteiger partial charge in [-0.2, -0.15) is 0 Å². The van der Waals surface area contributed by atoms with Gasteiger partial charge in [-0.05, 0) is 11.0 Å². The van der Waals surface area contributed by atoms with Crippen molar-refractivity contribution in [3.63, 3.8) is 0 Å². The van der Waals surface area contributed by atoms with Crippen LogP contribution in [0.2, 0.25) is 0 Å². The molecule has 0 radical (unpaired) electrons. The first-order valence-corrected chi connectivity index (χ1v) is 3.68. The van der Waals surface area contributed by atoms with E-state index in [2.05, 4.69) is 4.98 Å². The average Bonchev–Trinajstić information content (AvgIpc) is 2.15. The van der Waals surface area contributed by atoms with Crippen LogP contribution >= 0.6 is 12.4 Å². The lowest BCUT2D eigenvalue weighted by atomic mass is 10.4. The summed E-state index contributed by atoms with van der Waals surface area (Å²) in [5.74, 6) is -0.00540. The second-order valence-electron chi connectivity index (χ2n) is 2.23. The molecule has 0 saturated carbocycles. The molecule has 1 aromatic rings. The summed E-state index contributed by atoms with van der Waals surface area (Å²) in [6.07, 6.45) is 0. The number of hydrogen-bond acceptors (Lipinski definition) is 5. The molecule has 0 amide bonds. The van der Waals surface area contributed by atoms with E-state index in [9.17, 15) is 10.1 Å². The number of halogens is 1. The minimum atomic E-state index is -0.574. The van der Waals surface area contributed by atoms with Crippen molar-refractivity contribution in [2.24, 2.45) is 5.73 Å². The summed E-state index contributed by atoms with van der Waals surface area (Å²) in [4.78, 5) is 13.3. The predicted molar refractivity (Wildman–Crippen MR) is 52.7 cm³/mol. The Hall–Kier alpha value is -1.40. The third-order valence-corrected chi connectivity index (χ3v) is 1.26. The van der Waals surface area contributed by atoms with Gasteiger partial charge < -0.3 is 20.6 Å². The van der Waals surface area contributed by atoms with Gasteiger partial charge in [0.05, 0.1) is 0 Å². The number of rotatable bonds is 4. The van der Waals surface area contributed by atoms with Crippen LogP contribution in [0, 0.1) is 10.1 Å². The fourth-order valence-corrected chi connectivity index (χ4v) is 0.749. The van der Waals surface area contributed by atoms with Gasteiger partial charge in [0.1, 0.15) is 6.61 Å². The lowest BCUT2D eigenvalue weighted by Gasteiger charge is -1.98. The Morgan fingerprint density at radius 1 is 1.57 bits per heavy atom. The predicted octanol–water partition coefficient (Wildman–Crippen LogP) is 0.749. The number of pyridine rings is 1. The van der Waals surface area contributed by atoms with Crippen LogP contribution in [0.4, 0.5) is 5.82 Å². The van der Waals surface area contributed by atoms with Crippen molar-refractivity contribution >= 4 is 18.2 Å². The average molecular weight is 220 g/mol. The van der Waals surface area contributed by atoms with Crippen molar-refractivity contribution in [2.45, 2.75) is 0 Å². The Morgan fingerprint density at radius 3 is 2.86 bits per heavy atom. The first-order valence-electron chi connectivity index (χ1n) is 3.68. The molecule has 0 aliphatic heterocycles. The fourth-order valence-electron chi connectivity index (χ4n) is 0.749. The van der Waals surface area contributed by atoms with E-state index in [0.29, 0.717) is 13.2 Å². The summed E-state index contributed by atoms with van der Waals surface area (Å²) in [6, 6.07) is 4.36. The maximum absolute atomic E-state index is 10.3. The van der Waals surface area contributed by atoms with E-state index < -0.39 is 4.92 Å². The van der Waals surface area contributed by atoms with Crippen molar-refractivity contribution in [1.82, 2.24) is 4.98 Å². The molecule has 0 fully saturated rings. The molecule has 1 heterocycles. The quantitative estimate of drug-likeness (QED) is 0.596. The summed E-state index contributed by atoms with van der Waals surface area (Å²) in [6.45, 7) is 0.651. The highest BCUT2D eigenvalue weighted by Crippen LogP contribution is 2.12. The van der Waals surface area contributed by atoms with Crippen LogP contribution in [-0.2, 0) is 0 Å². The van der Waals surface area contributed by atoms with Crippen molar-refractivity contribution in [1.29, 1.82) is 0 Å². The second-order valence-corrected chi connectivity index (χ2v) is 2.23. The lowest BCUT2D eigenvalue weighted by Crippen LogP contribution is -2.11. The normalized spacial score (nSPS) is 8.93. The fraction of sp³-hybridized carbons (Fsp3) is 0.286. The van der Waals surface area contributed by atoms with Crippen molar-refractivity contribution in [3.8, 4) is 5.88 Å². The molecule has 0 unspecified atom stereocenters. The van der Waals surface area contributed by atoms with Gasteiger partial charge in [0.15, 0.2) is 0 Å². The van der Waals surface area contributed by atoms with Crippen LogP contribution in [0.1, 0.15) is 0 Å². The molecular formula is C7H10ClN3O3. The number of nitrogens with two attached hydrogens (primary N) is 1. The molecule has 0 aliphatic rings. The molecule has 2 N–H and O–H groups in total. The highest BCUT2D eigenvalue weighted by atomic mass is 35.5. The zero-order valence-corrected chi connectivity index (χ0v) is 8.07. The van der Waals surface area contributed by atoms with Crippen LogP contribution in [0.5, 0.6) is 5.88 Å². The van der Waals surface area contributed by atoms with Crippen LogP contribution < -0.4 is 10.5 Å². The van der Waals surface area contributed by atoms with E-state index in [1.54, 1.807) is 6.07 Å². The molecule has 0 spiro atoms. The van der Waals surface area contributed by atoms with Gasteiger partial charge in [-0.3, -0.25) is 0 Å². The van der Waals surface area contributed by atoms with Crippen LogP contribution in [-0.4, -0.2) is 23.1 Å². The minimum absolute atomic E-state index is 0. The Kier molecular flexibility index (Phi) is 5.50. The molecule has 14 heavy (non-hydrogen) atoms. The molecule has 7 heteroatoms. The second kappa shape index (κ2) is 6.11. The van der Waals surface area contributed by atoms with E-state index in [-0.39, 0.29) is 24.1 Å². The van der Waals surface area contributed by atoms with Crippen LogP contribution in [0.15, 0.2) is 18.2 Å². The Labute approximate surface area is 86.6 Å². The number of ether oxygens (including phenoxy) is 1. The van der Waals surface area contributed by atoms with Gasteiger partial charge in [-0.15, -0.1) is 12.4 Å². The zero-order chi connectivity index (χ0) is 9.68. The number of nitro groups is 1. The largest absolute Gasteiger partial charge is 0.458 e. The summed E-state index contributed by atoms with van der Waals surface area (Å²) in [7, 11) is 0. The molecular weight excluding hydrogens is 210 g/mol. The van der Waals surface area contributed by atoms with Gasteiger partial charge in [0.2, 0.25) is 0 Å². The molecule has 0 bridgehead atoms. The summed E-state index contributed by atoms with van der Waals surface area (Å²) in [5, 5.41) is 10.3. The van der Waals surface area contributed by atoms with Gasteiger partial charge in [0, 0.05) is 23.7 Å². The first kappa shape index (κ1) is 12.6. The van der Waals surface area contributed by atoms with Crippen LogP contribution in [0.25, 0.3) is 0 Å². The molecule has 0 aliphatic carbocycles. The van der Waals surface area contributed by atoms with E-state index in [1.165, 1.54) is 12.1 Å². The monoisotopic (exact) mass is 219 g/mol. The molecule has 6 nitrogen and oxygen atoms in total. The Morgan fingerprint density at radius 2 is 2.29 bits per heavy atom. The van der Waals surface area contributed by atoms with Crippen molar-refractivity contribution in [2.75, 3.05) is 13.2 Å². The van der Waals surface area contributed by atoms with Crippen molar-refractivity contribution < 1.29 is 9.66 Å². The maximum Gasteiger partial charge on any atom is 0.367 e. The Balaban J connectivity index is 0.00000169. The van der Waals surface area contributed by atoms with E-state index in [4.69, 9.17) is 10.5 Å². The van der Waals surface area contributed by atoms with Gasteiger partial charge >= 0.3 is 11.7 Å². The molecule has 1 rings (SSSR count). The molecule has 0 aromatic carbocycles. The van der Waals surface area contributed by atoms with Crippen molar-refractivity contribution in [3.05, 3.63) is 28.3 Å². The highest BCUT2D eigenvalue weighted by Gasteiger charge is 2.09. The number of aromatic nitrogens is 1. The third-order valence-electron chi connectivity index (χ3n) is 1.26. The van der Waals surface area contributed by atoms with Gasteiger partial charge in [-0.1, -0.05) is 0 Å². The lowest BCUT2D eigenvalue weighted by molar-refractivity contribution is -0.389. The SMILES string of the molecule is Cl.NCCOc1cccc([N+](=O)[O-])n1. The van der Waals surface area contributed by atoms with Crippen LogP contribution in [0.3, 0.4) is 0 Å². The summed E-state index contributed by atoms with van der Waals surface area (Å²) < 4.78 is 5.01. The first-order chi connectivity index (χ1) is 6.24. The minimum Gasteiger partial charge on any atom is -0.458 e. The maximum atomic E-state index is 10.3. The number of hydrogen-bond donors (Lipinski definition) is 1. The molecule has 78 valence electrons. The molecule has 1 aromatic heterocycles. The smallest absolute Gasteiger partial charge is 0.367 e. The standard InChI is InChI=1S/C7H9N3O3.ClH/c8-4-5-13-7-3-1-2-6(9-7)10(11)12;/h1-3H,4-5,8H2;1H. The summed E-state index contributed by atoms with van der Waals surface area (Å²) >= 11 is 0.